The van der Waals surface area contributed by atoms with E-state index in [4.69, 9.17) is 16.6 Å². The molecule has 1 aromatic heterocycles. The lowest BCUT2D eigenvalue weighted by atomic mass is 10.3. The Hall–Kier alpha value is -1.82. The number of primary amides is 1. The molecule has 0 aliphatic rings. The molecule has 1 aromatic rings. The predicted molar refractivity (Wildman–Crippen MR) is 52.3 cm³/mol. The van der Waals surface area contributed by atoms with Gasteiger partial charge in [-0.3, -0.25) is 9.78 Å². The summed E-state index contributed by atoms with van der Waals surface area (Å²) in [4.78, 5) is 14.3. The Morgan fingerprint density at radius 2 is 2.36 bits per heavy atom. The number of aromatic nitrogens is 1. The van der Waals surface area contributed by atoms with E-state index >= 15 is 0 Å². The molecule has 0 saturated heterocycles. The average molecular weight is 196 g/mol. The van der Waals surface area contributed by atoms with Gasteiger partial charge in [0.25, 0.3) is 0 Å². The molecular weight excluding hydrogens is 184 g/mol. The zero-order chi connectivity index (χ0) is 10.6. The molecule has 0 aliphatic carbocycles. The number of carbonyl (C=O) groups is 1. The minimum Gasteiger partial charge on any atom is -0.397 e. The highest BCUT2D eigenvalue weighted by Gasteiger charge is 2.09. The topological polar surface area (TPSA) is 114 Å². The van der Waals surface area contributed by atoms with Gasteiger partial charge in [0.05, 0.1) is 17.6 Å². The lowest BCUT2D eigenvalue weighted by Gasteiger charge is -2.09. The number of aliphatic hydroxyl groups is 1. The molecule has 76 valence electrons. The number of hydrogen-bond donors (Lipinski definition) is 4. The van der Waals surface area contributed by atoms with Gasteiger partial charge < -0.3 is 21.9 Å². The normalized spacial score (nSPS) is 12.1. The van der Waals surface area contributed by atoms with Crippen LogP contribution in [0.3, 0.4) is 0 Å². The maximum Gasteiger partial charge on any atom is 0.248 e. The summed E-state index contributed by atoms with van der Waals surface area (Å²) in [5.74, 6) is -0.769. The van der Waals surface area contributed by atoms with Gasteiger partial charge in [-0.25, -0.2) is 0 Å². The highest BCUT2D eigenvalue weighted by atomic mass is 16.3. The summed E-state index contributed by atoms with van der Waals surface area (Å²) in [6.45, 7) is 0.0421. The molecule has 0 aliphatic heterocycles. The SMILES string of the molecule is NC(=O)C(O)CNc1cncc(N)c1. The number of nitrogens with zero attached hydrogens (tertiary/aromatic N) is 1. The van der Waals surface area contributed by atoms with E-state index < -0.39 is 12.0 Å². The molecule has 1 unspecified atom stereocenters. The summed E-state index contributed by atoms with van der Waals surface area (Å²) in [6, 6.07) is 1.64. The van der Waals surface area contributed by atoms with E-state index in [1.54, 1.807) is 6.07 Å². The number of nitrogen functional groups attached to an aromatic ring is 1. The summed E-state index contributed by atoms with van der Waals surface area (Å²) in [5, 5.41) is 11.8. The fraction of sp³-hybridized carbons (Fsp3) is 0.250. The van der Waals surface area contributed by atoms with Gasteiger partial charge in [0, 0.05) is 12.7 Å². The minimum atomic E-state index is -1.21. The number of aliphatic hydroxyl groups excluding tert-OH is 1. The number of carbonyl (C=O) groups excluding carboxylic acids is 1. The predicted octanol–water partition coefficient (Wildman–Crippen LogP) is -1.08. The zero-order valence-electron chi connectivity index (χ0n) is 7.47. The molecule has 1 heterocycles. The van der Waals surface area contributed by atoms with E-state index in [2.05, 4.69) is 10.3 Å². The monoisotopic (exact) mass is 196 g/mol. The number of pyridine rings is 1. The largest absolute Gasteiger partial charge is 0.397 e. The Labute approximate surface area is 80.9 Å². The van der Waals surface area contributed by atoms with Crippen molar-refractivity contribution in [2.45, 2.75) is 6.10 Å². The van der Waals surface area contributed by atoms with E-state index in [9.17, 15) is 4.79 Å². The van der Waals surface area contributed by atoms with Crippen LogP contribution in [0.4, 0.5) is 11.4 Å². The fourth-order valence-electron chi connectivity index (χ4n) is 0.870. The molecule has 6 heteroatoms. The van der Waals surface area contributed by atoms with Crippen molar-refractivity contribution >= 4 is 17.3 Å². The standard InChI is InChI=1S/C8H12N4O2/c9-5-1-6(3-11-2-5)12-4-7(13)8(10)14/h1-3,7,12-13H,4,9H2,(H2,10,14). The molecule has 0 bridgehead atoms. The minimum absolute atomic E-state index is 0.0421. The highest BCUT2D eigenvalue weighted by Crippen LogP contribution is 2.08. The van der Waals surface area contributed by atoms with E-state index in [1.165, 1.54) is 12.4 Å². The number of nitrogens with one attached hydrogen (secondary N) is 1. The molecule has 6 nitrogen and oxygen atoms in total. The zero-order valence-corrected chi connectivity index (χ0v) is 7.47. The Bertz CT molecular complexity index is 329. The Balaban J connectivity index is 2.49. The molecule has 0 aromatic carbocycles. The lowest BCUT2D eigenvalue weighted by Crippen LogP contribution is -2.34. The first-order chi connectivity index (χ1) is 6.59. The van der Waals surface area contributed by atoms with Gasteiger partial charge >= 0.3 is 0 Å². The molecule has 0 saturated carbocycles. The van der Waals surface area contributed by atoms with Crippen LogP contribution in [0, 0.1) is 0 Å². The van der Waals surface area contributed by atoms with Crippen molar-refractivity contribution in [1.29, 1.82) is 0 Å². The molecule has 0 fully saturated rings. The summed E-state index contributed by atoms with van der Waals surface area (Å²) in [6.07, 6.45) is 1.82. The number of amides is 1. The average Bonchev–Trinajstić information content (AvgIpc) is 2.14. The van der Waals surface area contributed by atoms with Gasteiger partial charge in [0.1, 0.15) is 6.10 Å². The second-order valence-electron chi connectivity index (χ2n) is 2.81. The Kier molecular flexibility index (Phi) is 3.24. The van der Waals surface area contributed by atoms with Crippen LogP contribution in [0.15, 0.2) is 18.5 Å². The van der Waals surface area contributed by atoms with E-state index in [0.29, 0.717) is 11.4 Å². The van der Waals surface area contributed by atoms with Crippen molar-refractivity contribution < 1.29 is 9.90 Å². The molecule has 1 amide bonds. The van der Waals surface area contributed by atoms with Crippen molar-refractivity contribution in [3.05, 3.63) is 18.5 Å². The van der Waals surface area contributed by atoms with Crippen LogP contribution in [0.5, 0.6) is 0 Å². The third-order valence-corrected chi connectivity index (χ3v) is 1.59. The van der Waals surface area contributed by atoms with Gasteiger partial charge in [-0.1, -0.05) is 0 Å². The van der Waals surface area contributed by atoms with Gasteiger partial charge in [-0.15, -0.1) is 0 Å². The van der Waals surface area contributed by atoms with Crippen LogP contribution in [-0.2, 0) is 4.79 Å². The molecule has 0 radical (unpaired) electrons. The van der Waals surface area contributed by atoms with Crippen LogP contribution in [0.1, 0.15) is 0 Å². The number of rotatable bonds is 4. The lowest BCUT2D eigenvalue weighted by molar-refractivity contribution is -0.125. The third-order valence-electron chi connectivity index (χ3n) is 1.59. The Morgan fingerprint density at radius 1 is 1.64 bits per heavy atom. The van der Waals surface area contributed by atoms with Gasteiger partial charge in [0.15, 0.2) is 0 Å². The molecule has 0 spiro atoms. The second kappa shape index (κ2) is 4.43. The third kappa shape index (κ3) is 2.91. The summed E-state index contributed by atoms with van der Waals surface area (Å²) in [7, 11) is 0. The van der Waals surface area contributed by atoms with E-state index in [1.807, 2.05) is 0 Å². The number of nitrogens with two attached hydrogens (primary N) is 2. The van der Waals surface area contributed by atoms with Crippen LogP contribution >= 0.6 is 0 Å². The van der Waals surface area contributed by atoms with Crippen LogP contribution < -0.4 is 16.8 Å². The molecule has 14 heavy (non-hydrogen) atoms. The number of hydrogen-bond acceptors (Lipinski definition) is 5. The van der Waals surface area contributed by atoms with Crippen molar-refractivity contribution in [3.63, 3.8) is 0 Å². The van der Waals surface area contributed by atoms with Gasteiger partial charge in [0.2, 0.25) is 5.91 Å². The van der Waals surface area contributed by atoms with Gasteiger partial charge in [-0.2, -0.15) is 0 Å². The summed E-state index contributed by atoms with van der Waals surface area (Å²) in [5.41, 5.74) is 11.5. The summed E-state index contributed by atoms with van der Waals surface area (Å²) < 4.78 is 0. The Morgan fingerprint density at radius 3 is 2.93 bits per heavy atom. The van der Waals surface area contributed by atoms with Gasteiger partial charge in [-0.05, 0) is 6.07 Å². The van der Waals surface area contributed by atoms with Crippen molar-refractivity contribution in [3.8, 4) is 0 Å². The maximum absolute atomic E-state index is 10.5. The quantitative estimate of drug-likeness (QED) is 0.489. The molecule has 1 atom stereocenters. The van der Waals surface area contributed by atoms with E-state index in [-0.39, 0.29) is 6.54 Å². The second-order valence-corrected chi connectivity index (χ2v) is 2.81. The fourth-order valence-corrected chi connectivity index (χ4v) is 0.870. The molecule has 6 N–H and O–H groups in total. The first-order valence-corrected chi connectivity index (χ1v) is 4.01. The highest BCUT2D eigenvalue weighted by molar-refractivity contribution is 5.79. The van der Waals surface area contributed by atoms with Crippen LogP contribution in [0.2, 0.25) is 0 Å². The maximum atomic E-state index is 10.5. The van der Waals surface area contributed by atoms with Crippen molar-refractivity contribution in [2.75, 3.05) is 17.6 Å². The number of anilines is 2. The van der Waals surface area contributed by atoms with Crippen molar-refractivity contribution in [2.24, 2.45) is 5.73 Å². The first kappa shape index (κ1) is 10.3. The van der Waals surface area contributed by atoms with Crippen LogP contribution in [0.25, 0.3) is 0 Å². The first-order valence-electron chi connectivity index (χ1n) is 4.01. The molecule has 1 rings (SSSR count). The van der Waals surface area contributed by atoms with Crippen LogP contribution in [-0.4, -0.2) is 28.6 Å². The van der Waals surface area contributed by atoms with Crippen molar-refractivity contribution in [1.82, 2.24) is 4.98 Å². The van der Waals surface area contributed by atoms with E-state index in [0.717, 1.165) is 0 Å². The summed E-state index contributed by atoms with van der Waals surface area (Å²) >= 11 is 0. The smallest absolute Gasteiger partial charge is 0.248 e. The molecular formula is C8H12N4O2.